The molecular weight excluding hydrogens is 348 g/mol. The van der Waals surface area contributed by atoms with Crippen LogP contribution in [0.3, 0.4) is 0 Å². The lowest BCUT2D eigenvalue weighted by atomic mass is 9.96. The largest absolute Gasteiger partial charge is 0.331 e. The third kappa shape index (κ3) is 3.00. The SMILES string of the molecule is Cc1cc(C(=O)N2Cc3ccccc3C(N)C2)nn1-c1ccc(Cl)cc1. The van der Waals surface area contributed by atoms with Gasteiger partial charge < -0.3 is 10.6 Å². The number of aromatic nitrogens is 2. The molecule has 0 spiro atoms. The highest BCUT2D eigenvalue weighted by Gasteiger charge is 2.28. The molecule has 132 valence electrons. The Morgan fingerprint density at radius 3 is 2.69 bits per heavy atom. The zero-order valence-electron chi connectivity index (χ0n) is 14.4. The van der Waals surface area contributed by atoms with Gasteiger partial charge in [0, 0.05) is 29.8 Å². The van der Waals surface area contributed by atoms with Crippen LogP contribution in [0.2, 0.25) is 5.02 Å². The van der Waals surface area contributed by atoms with Crippen LogP contribution in [-0.2, 0) is 6.54 Å². The molecule has 0 fully saturated rings. The third-order valence-corrected chi connectivity index (χ3v) is 4.95. The topological polar surface area (TPSA) is 64.2 Å². The Labute approximate surface area is 157 Å². The van der Waals surface area contributed by atoms with Gasteiger partial charge in [-0.3, -0.25) is 4.79 Å². The highest BCUT2D eigenvalue weighted by atomic mass is 35.5. The van der Waals surface area contributed by atoms with E-state index in [0.717, 1.165) is 22.5 Å². The lowest BCUT2D eigenvalue weighted by Gasteiger charge is -2.32. The zero-order chi connectivity index (χ0) is 18.3. The van der Waals surface area contributed by atoms with E-state index in [4.69, 9.17) is 17.3 Å². The number of hydrogen-bond donors (Lipinski definition) is 1. The van der Waals surface area contributed by atoms with Gasteiger partial charge in [-0.2, -0.15) is 5.10 Å². The maximum absolute atomic E-state index is 13.0. The van der Waals surface area contributed by atoms with Crippen molar-refractivity contribution in [3.8, 4) is 5.69 Å². The Morgan fingerprint density at radius 2 is 1.92 bits per heavy atom. The van der Waals surface area contributed by atoms with Gasteiger partial charge in [-0.25, -0.2) is 4.68 Å². The van der Waals surface area contributed by atoms with Crippen LogP contribution in [0.5, 0.6) is 0 Å². The first-order chi connectivity index (χ1) is 12.5. The number of halogens is 1. The highest BCUT2D eigenvalue weighted by Crippen LogP contribution is 2.26. The predicted octanol–water partition coefficient (Wildman–Crippen LogP) is 3.49. The normalized spacial score (nSPS) is 16.4. The fourth-order valence-electron chi connectivity index (χ4n) is 3.39. The average Bonchev–Trinajstić information content (AvgIpc) is 3.03. The standard InChI is InChI=1S/C20H19ClN4O/c1-13-10-19(23-25(13)16-8-6-15(21)7-9-16)20(26)24-11-14-4-2-3-5-17(14)18(22)12-24/h2-10,18H,11-12,22H2,1H3. The van der Waals surface area contributed by atoms with Gasteiger partial charge in [-0.05, 0) is 48.4 Å². The molecule has 0 bridgehead atoms. The van der Waals surface area contributed by atoms with Crippen molar-refractivity contribution >= 4 is 17.5 Å². The van der Waals surface area contributed by atoms with E-state index >= 15 is 0 Å². The molecule has 6 heteroatoms. The Bertz CT molecular complexity index is 964. The average molecular weight is 367 g/mol. The van der Waals surface area contributed by atoms with E-state index in [2.05, 4.69) is 5.10 Å². The predicted molar refractivity (Wildman–Crippen MR) is 101 cm³/mol. The maximum atomic E-state index is 13.0. The monoisotopic (exact) mass is 366 g/mol. The first kappa shape index (κ1) is 16.8. The molecular formula is C20H19ClN4O. The summed E-state index contributed by atoms with van der Waals surface area (Å²) in [5.41, 5.74) is 10.6. The lowest BCUT2D eigenvalue weighted by Crippen LogP contribution is -2.41. The molecule has 1 unspecified atom stereocenters. The van der Waals surface area contributed by atoms with E-state index < -0.39 is 0 Å². The van der Waals surface area contributed by atoms with Crippen molar-refractivity contribution in [2.75, 3.05) is 6.54 Å². The fraction of sp³-hybridized carbons (Fsp3) is 0.200. The molecule has 3 aromatic rings. The number of nitrogens with two attached hydrogens (primary N) is 1. The van der Waals surface area contributed by atoms with Crippen LogP contribution in [0, 0.1) is 6.92 Å². The summed E-state index contributed by atoms with van der Waals surface area (Å²) in [5, 5.41) is 5.17. The van der Waals surface area contributed by atoms with Crippen LogP contribution >= 0.6 is 11.6 Å². The van der Waals surface area contributed by atoms with Gasteiger partial charge in [-0.15, -0.1) is 0 Å². The molecule has 0 radical (unpaired) electrons. The van der Waals surface area contributed by atoms with Crippen LogP contribution in [0.25, 0.3) is 5.69 Å². The summed E-state index contributed by atoms with van der Waals surface area (Å²) in [7, 11) is 0. The summed E-state index contributed by atoms with van der Waals surface area (Å²) in [6.07, 6.45) is 0. The zero-order valence-corrected chi connectivity index (χ0v) is 15.1. The molecule has 5 nitrogen and oxygen atoms in total. The number of nitrogens with zero attached hydrogens (tertiary/aromatic N) is 3. The molecule has 2 heterocycles. The summed E-state index contributed by atoms with van der Waals surface area (Å²) < 4.78 is 1.75. The Balaban J connectivity index is 1.62. The van der Waals surface area contributed by atoms with Crippen LogP contribution in [-0.4, -0.2) is 27.1 Å². The summed E-state index contributed by atoms with van der Waals surface area (Å²) in [6.45, 7) is 2.97. The van der Waals surface area contributed by atoms with E-state index in [9.17, 15) is 4.79 Å². The van der Waals surface area contributed by atoms with E-state index in [-0.39, 0.29) is 11.9 Å². The molecule has 1 atom stereocenters. The second-order valence-corrected chi connectivity index (χ2v) is 6.99. The smallest absolute Gasteiger partial charge is 0.274 e. The molecule has 0 saturated heterocycles. The summed E-state index contributed by atoms with van der Waals surface area (Å²) in [5.74, 6) is -0.106. The second kappa shape index (κ2) is 6.59. The van der Waals surface area contributed by atoms with Gasteiger partial charge in [0.25, 0.3) is 5.91 Å². The minimum absolute atomic E-state index is 0.106. The van der Waals surface area contributed by atoms with Crippen molar-refractivity contribution in [1.82, 2.24) is 14.7 Å². The van der Waals surface area contributed by atoms with Crippen molar-refractivity contribution in [3.63, 3.8) is 0 Å². The number of hydrogen-bond acceptors (Lipinski definition) is 3. The summed E-state index contributed by atoms with van der Waals surface area (Å²) in [4.78, 5) is 14.7. The number of carbonyl (C=O) groups is 1. The van der Waals surface area contributed by atoms with E-state index in [1.807, 2.05) is 49.4 Å². The van der Waals surface area contributed by atoms with Crippen molar-refractivity contribution in [2.45, 2.75) is 19.5 Å². The van der Waals surface area contributed by atoms with Gasteiger partial charge in [0.1, 0.15) is 0 Å². The van der Waals surface area contributed by atoms with Crippen LogP contribution < -0.4 is 5.73 Å². The highest BCUT2D eigenvalue weighted by molar-refractivity contribution is 6.30. The Kier molecular flexibility index (Phi) is 4.26. The van der Waals surface area contributed by atoms with Gasteiger partial charge in [-0.1, -0.05) is 35.9 Å². The molecule has 1 aliphatic rings. The first-order valence-corrected chi connectivity index (χ1v) is 8.86. The molecule has 2 N–H and O–H groups in total. The van der Waals surface area contributed by atoms with E-state index in [0.29, 0.717) is 23.8 Å². The number of benzene rings is 2. The van der Waals surface area contributed by atoms with Gasteiger partial charge in [0.15, 0.2) is 5.69 Å². The van der Waals surface area contributed by atoms with Crippen molar-refractivity contribution < 1.29 is 4.79 Å². The Morgan fingerprint density at radius 1 is 1.19 bits per heavy atom. The van der Waals surface area contributed by atoms with Gasteiger partial charge in [0.2, 0.25) is 0 Å². The summed E-state index contributed by atoms with van der Waals surface area (Å²) >= 11 is 5.95. The van der Waals surface area contributed by atoms with Gasteiger partial charge >= 0.3 is 0 Å². The van der Waals surface area contributed by atoms with Crippen molar-refractivity contribution in [1.29, 1.82) is 0 Å². The summed E-state index contributed by atoms with van der Waals surface area (Å²) in [6, 6.07) is 17.0. The lowest BCUT2D eigenvalue weighted by molar-refractivity contribution is 0.0712. The molecule has 0 saturated carbocycles. The number of fused-ring (bicyclic) bond motifs is 1. The molecule has 1 aliphatic heterocycles. The Hall–Kier alpha value is -2.63. The minimum Gasteiger partial charge on any atom is -0.331 e. The second-order valence-electron chi connectivity index (χ2n) is 6.55. The molecule has 2 aromatic carbocycles. The molecule has 26 heavy (non-hydrogen) atoms. The molecule has 4 rings (SSSR count). The molecule has 0 aliphatic carbocycles. The van der Waals surface area contributed by atoms with Crippen LogP contribution in [0.1, 0.15) is 33.4 Å². The van der Waals surface area contributed by atoms with E-state index in [1.54, 1.807) is 21.7 Å². The number of carbonyl (C=O) groups excluding carboxylic acids is 1. The van der Waals surface area contributed by atoms with E-state index in [1.165, 1.54) is 0 Å². The van der Waals surface area contributed by atoms with Crippen molar-refractivity contribution in [2.24, 2.45) is 5.73 Å². The third-order valence-electron chi connectivity index (χ3n) is 4.70. The quantitative estimate of drug-likeness (QED) is 0.755. The molecule has 1 aromatic heterocycles. The first-order valence-electron chi connectivity index (χ1n) is 8.48. The fourth-order valence-corrected chi connectivity index (χ4v) is 3.51. The van der Waals surface area contributed by atoms with Gasteiger partial charge in [0.05, 0.1) is 5.69 Å². The van der Waals surface area contributed by atoms with Crippen LogP contribution in [0.4, 0.5) is 0 Å². The number of rotatable bonds is 2. The maximum Gasteiger partial charge on any atom is 0.274 e. The molecule has 1 amide bonds. The number of aryl methyl sites for hydroxylation is 1. The minimum atomic E-state index is -0.177. The number of amides is 1. The van der Waals surface area contributed by atoms with Crippen LogP contribution in [0.15, 0.2) is 54.6 Å². The van der Waals surface area contributed by atoms with Crippen molar-refractivity contribution in [3.05, 3.63) is 82.1 Å².